The van der Waals surface area contributed by atoms with E-state index >= 15 is 0 Å². The number of ketones is 1. The van der Waals surface area contributed by atoms with E-state index in [0.717, 1.165) is 10.5 Å². The van der Waals surface area contributed by atoms with Crippen molar-refractivity contribution >= 4 is 11.7 Å². The van der Waals surface area contributed by atoms with Gasteiger partial charge in [0.25, 0.3) is 5.91 Å². The number of aryl methyl sites for hydroxylation is 1. The van der Waals surface area contributed by atoms with Crippen molar-refractivity contribution in [1.29, 1.82) is 0 Å². The number of Topliss-reactive ketones (excluding diaryl/α,β-unsaturated/α-hetero) is 1. The third kappa shape index (κ3) is 2.13. The van der Waals surface area contributed by atoms with Gasteiger partial charge in [0, 0.05) is 0 Å². The topological polar surface area (TPSA) is 77.8 Å². The number of rotatable bonds is 3. The van der Waals surface area contributed by atoms with Crippen LogP contribution in [0.25, 0.3) is 0 Å². The molecule has 2 N–H and O–H groups in total. The smallest absolute Gasteiger partial charge is 0.291 e. The first-order valence-electron chi connectivity index (χ1n) is 5.89. The lowest BCUT2D eigenvalue weighted by molar-refractivity contribution is -0.133. The molecule has 0 aliphatic carbocycles. The lowest BCUT2D eigenvalue weighted by Crippen LogP contribution is -2.31. The molecule has 1 aliphatic heterocycles. The van der Waals surface area contributed by atoms with Gasteiger partial charge in [-0.2, -0.15) is 0 Å². The lowest BCUT2D eigenvalue weighted by atomic mass is 9.96. The second kappa shape index (κ2) is 4.85. The Morgan fingerprint density at radius 2 is 1.89 bits per heavy atom. The second-order valence-corrected chi connectivity index (χ2v) is 4.55. The van der Waals surface area contributed by atoms with Crippen molar-refractivity contribution in [2.75, 3.05) is 6.73 Å². The van der Waals surface area contributed by atoms with Crippen molar-refractivity contribution in [3.8, 4) is 0 Å². The number of carbonyl (C=O) groups is 2. The zero-order valence-electron chi connectivity index (χ0n) is 10.8. The van der Waals surface area contributed by atoms with E-state index in [2.05, 4.69) is 0 Å². The van der Waals surface area contributed by atoms with E-state index in [9.17, 15) is 19.8 Å². The normalized spacial score (nSPS) is 19.2. The van der Waals surface area contributed by atoms with Gasteiger partial charge in [0.2, 0.25) is 0 Å². The summed E-state index contributed by atoms with van der Waals surface area (Å²) >= 11 is 0. The zero-order chi connectivity index (χ0) is 14.2. The van der Waals surface area contributed by atoms with Crippen LogP contribution >= 0.6 is 0 Å². The van der Waals surface area contributed by atoms with Crippen LogP contribution in [0.5, 0.6) is 0 Å². The summed E-state index contributed by atoms with van der Waals surface area (Å²) < 4.78 is 0. The van der Waals surface area contributed by atoms with Gasteiger partial charge in [-0.05, 0) is 19.4 Å². The van der Waals surface area contributed by atoms with Gasteiger partial charge in [-0.15, -0.1) is 0 Å². The maximum atomic E-state index is 11.8. The molecule has 0 radical (unpaired) electrons. The Hall–Kier alpha value is -2.14. The summed E-state index contributed by atoms with van der Waals surface area (Å²) in [6.07, 6.45) is 0. The molecule has 0 fully saturated rings. The lowest BCUT2D eigenvalue weighted by Gasteiger charge is -2.24. The van der Waals surface area contributed by atoms with Gasteiger partial charge in [-0.1, -0.05) is 29.8 Å². The van der Waals surface area contributed by atoms with E-state index in [-0.39, 0.29) is 11.4 Å². The molecule has 19 heavy (non-hydrogen) atoms. The Morgan fingerprint density at radius 1 is 1.32 bits per heavy atom. The zero-order valence-corrected chi connectivity index (χ0v) is 10.8. The maximum Gasteiger partial charge on any atom is 0.291 e. The van der Waals surface area contributed by atoms with Crippen molar-refractivity contribution in [3.63, 3.8) is 0 Å². The average Bonchev–Trinajstić information content (AvgIpc) is 2.63. The third-order valence-corrected chi connectivity index (χ3v) is 3.23. The van der Waals surface area contributed by atoms with Crippen molar-refractivity contribution in [1.82, 2.24) is 4.90 Å². The minimum absolute atomic E-state index is 0.0305. The molecule has 1 aromatic rings. The Bertz CT molecular complexity index is 559. The Balaban J connectivity index is 2.54. The summed E-state index contributed by atoms with van der Waals surface area (Å²) in [7, 11) is 0. The molecule has 5 heteroatoms. The fourth-order valence-corrected chi connectivity index (χ4v) is 2.25. The highest BCUT2D eigenvalue weighted by atomic mass is 16.3. The van der Waals surface area contributed by atoms with Gasteiger partial charge in [-0.3, -0.25) is 9.59 Å². The first kappa shape index (κ1) is 13.3. The number of carbonyl (C=O) groups excluding carboxylic acids is 2. The van der Waals surface area contributed by atoms with Crippen molar-refractivity contribution < 1.29 is 19.8 Å². The van der Waals surface area contributed by atoms with Crippen LogP contribution in [0.1, 0.15) is 24.1 Å². The van der Waals surface area contributed by atoms with Crippen LogP contribution in [0.3, 0.4) is 0 Å². The molecule has 5 nitrogen and oxygen atoms in total. The molecule has 1 aromatic carbocycles. The SMILES string of the molecule is CC(=O)C1=C(O)C(=O)N(CO)C1c1ccc(C)cc1. The number of aliphatic hydroxyl groups excluding tert-OH is 2. The summed E-state index contributed by atoms with van der Waals surface area (Å²) in [6.45, 7) is 2.66. The molecule has 0 saturated carbocycles. The first-order chi connectivity index (χ1) is 8.97. The number of benzene rings is 1. The highest BCUT2D eigenvalue weighted by Crippen LogP contribution is 2.37. The summed E-state index contributed by atoms with van der Waals surface area (Å²) in [5.41, 5.74) is 1.76. The van der Waals surface area contributed by atoms with Crippen molar-refractivity contribution in [3.05, 3.63) is 46.7 Å². The van der Waals surface area contributed by atoms with Crippen LogP contribution in [0.15, 0.2) is 35.6 Å². The van der Waals surface area contributed by atoms with Crippen LogP contribution in [0.4, 0.5) is 0 Å². The predicted molar refractivity (Wildman–Crippen MR) is 68.2 cm³/mol. The molecule has 100 valence electrons. The van der Waals surface area contributed by atoms with Crippen LogP contribution in [-0.4, -0.2) is 33.5 Å². The fraction of sp³-hybridized carbons (Fsp3) is 0.286. The molecule has 1 unspecified atom stereocenters. The summed E-state index contributed by atoms with van der Waals surface area (Å²) in [6, 6.07) is 6.52. The largest absolute Gasteiger partial charge is 0.503 e. The summed E-state index contributed by atoms with van der Waals surface area (Å²) in [5.74, 6) is -1.68. The summed E-state index contributed by atoms with van der Waals surface area (Å²) in [4.78, 5) is 24.5. The Morgan fingerprint density at radius 3 is 2.37 bits per heavy atom. The second-order valence-electron chi connectivity index (χ2n) is 4.55. The fourth-order valence-electron chi connectivity index (χ4n) is 2.25. The minimum Gasteiger partial charge on any atom is -0.503 e. The Kier molecular flexibility index (Phi) is 3.40. The minimum atomic E-state index is -0.726. The number of amides is 1. The molecule has 0 spiro atoms. The number of hydrogen-bond acceptors (Lipinski definition) is 4. The monoisotopic (exact) mass is 261 g/mol. The average molecular weight is 261 g/mol. The van der Waals surface area contributed by atoms with Crippen LogP contribution in [-0.2, 0) is 9.59 Å². The van der Waals surface area contributed by atoms with Crippen molar-refractivity contribution in [2.45, 2.75) is 19.9 Å². The van der Waals surface area contributed by atoms with E-state index in [0.29, 0.717) is 5.56 Å². The maximum absolute atomic E-state index is 11.8. The number of hydrogen-bond donors (Lipinski definition) is 2. The van der Waals surface area contributed by atoms with Gasteiger partial charge in [0.05, 0.1) is 11.6 Å². The third-order valence-electron chi connectivity index (χ3n) is 3.23. The van der Waals surface area contributed by atoms with Crippen molar-refractivity contribution in [2.24, 2.45) is 0 Å². The van der Waals surface area contributed by atoms with Gasteiger partial charge in [-0.25, -0.2) is 0 Å². The van der Waals surface area contributed by atoms with Crippen LogP contribution < -0.4 is 0 Å². The standard InChI is InChI=1S/C14H15NO4/c1-8-3-5-10(6-4-8)12-11(9(2)17)13(18)14(19)15(12)7-16/h3-6,12,16,18H,7H2,1-2H3. The van der Waals surface area contributed by atoms with Crippen LogP contribution in [0, 0.1) is 6.92 Å². The Labute approximate surface area is 110 Å². The van der Waals surface area contributed by atoms with E-state index in [4.69, 9.17) is 0 Å². The van der Waals surface area contributed by atoms with E-state index in [1.165, 1.54) is 6.92 Å². The molecule has 0 aromatic heterocycles. The van der Waals surface area contributed by atoms with Crippen LogP contribution in [0.2, 0.25) is 0 Å². The van der Waals surface area contributed by atoms with Gasteiger partial charge < -0.3 is 15.1 Å². The van der Waals surface area contributed by atoms with Gasteiger partial charge in [0.1, 0.15) is 6.73 Å². The highest BCUT2D eigenvalue weighted by Gasteiger charge is 2.41. The molecule has 0 bridgehead atoms. The van der Waals surface area contributed by atoms with Gasteiger partial charge >= 0.3 is 0 Å². The van der Waals surface area contributed by atoms with Gasteiger partial charge in [0.15, 0.2) is 11.5 Å². The molecule has 0 saturated heterocycles. The molecule has 1 amide bonds. The van der Waals surface area contributed by atoms with E-state index in [1.807, 2.05) is 19.1 Å². The van der Waals surface area contributed by atoms with E-state index in [1.54, 1.807) is 12.1 Å². The quantitative estimate of drug-likeness (QED) is 0.857. The van der Waals surface area contributed by atoms with E-state index < -0.39 is 24.4 Å². The molecular weight excluding hydrogens is 246 g/mol. The predicted octanol–water partition coefficient (Wildman–Crippen LogP) is 1.23. The number of aliphatic hydroxyl groups is 2. The molecule has 1 heterocycles. The number of nitrogens with zero attached hydrogens (tertiary/aromatic N) is 1. The summed E-state index contributed by atoms with van der Waals surface area (Å²) in [5, 5.41) is 19.1. The highest BCUT2D eigenvalue weighted by molar-refractivity contribution is 6.08. The molecule has 1 atom stereocenters. The first-order valence-corrected chi connectivity index (χ1v) is 5.89. The molecule has 1 aliphatic rings. The molecular formula is C14H15NO4. The molecule has 2 rings (SSSR count).